The van der Waals surface area contributed by atoms with E-state index in [1.807, 2.05) is 6.92 Å². The van der Waals surface area contributed by atoms with Gasteiger partial charge in [0.05, 0.1) is 16.7 Å². The molecule has 0 bridgehead atoms. The van der Waals surface area contributed by atoms with Crippen LogP contribution in [0.15, 0.2) is 22.7 Å². The predicted octanol–water partition coefficient (Wildman–Crippen LogP) is 2.09. The minimum absolute atomic E-state index is 0.0890. The number of carboxylic acid groups (broad SMARTS) is 1. The van der Waals surface area contributed by atoms with Gasteiger partial charge in [-0.2, -0.15) is 0 Å². The molecule has 1 aromatic carbocycles. The Morgan fingerprint density at radius 1 is 1.47 bits per heavy atom. The van der Waals surface area contributed by atoms with Crippen molar-refractivity contribution >= 4 is 33.5 Å². The maximum Gasteiger partial charge on any atom is 0.337 e. The Morgan fingerprint density at radius 2 is 2.21 bits per heavy atom. The molecule has 1 fully saturated rings. The van der Waals surface area contributed by atoms with Crippen molar-refractivity contribution in [3.63, 3.8) is 0 Å². The Morgan fingerprint density at radius 3 is 2.79 bits per heavy atom. The molecule has 0 aromatic heterocycles. The zero-order chi connectivity index (χ0) is 14.0. The van der Waals surface area contributed by atoms with E-state index in [-0.39, 0.29) is 11.5 Å². The van der Waals surface area contributed by atoms with Crippen LogP contribution in [0.1, 0.15) is 23.7 Å². The molecular formula is C13H15BrN2O3. The van der Waals surface area contributed by atoms with Crippen molar-refractivity contribution in [1.82, 2.24) is 5.32 Å². The van der Waals surface area contributed by atoms with Gasteiger partial charge >= 0.3 is 5.97 Å². The van der Waals surface area contributed by atoms with Gasteiger partial charge in [-0.05, 0) is 38.1 Å². The van der Waals surface area contributed by atoms with Crippen LogP contribution in [0.2, 0.25) is 0 Å². The lowest BCUT2D eigenvalue weighted by Crippen LogP contribution is -2.35. The molecule has 1 atom stereocenters. The van der Waals surface area contributed by atoms with Gasteiger partial charge in [0.15, 0.2) is 0 Å². The standard InChI is InChI=1S/C13H15BrN2O3/c1-13(4-5-15-7-13)12(19)16-10-6-8(14)2-3-9(10)11(17)18/h2-3,6,15H,4-5,7H2,1H3,(H,16,19)(H,17,18). The number of halogens is 1. The Labute approximate surface area is 119 Å². The van der Waals surface area contributed by atoms with Crippen molar-refractivity contribution in [3.8, 4) is 0 Å². The lowest BCUT2D eigenvalue weighted by molar-refractivity contribution is -0.123. The number of aromatic carboxylic acids is 1. The molecule has 0 aliphatic carbocycles. The van der Waals surface area contributed by atoms with Crippen LogP contribution >= 0.6 is 15.9 Å². The normalized spacial score (nSPS) is 22.2. The first-order valence-electron chi connectivity index (χ1n) is 5.97. The fourth-order valence-corrected chi connectivity index (χ4v) is 2.45. The molecule has 2 rings (SSSR count). The second-order valence-corrected chi connectivity index (χ2v) is 5.85. The third-order valence-electron chi connectivity index (χ3n) is 3.38. The molecule has 1 amide bonds. The van der Waals surface area contributed by atoms with Crippen LogP contribution in [0.4, 0.5) is 5.69 Å². The van der Waals surface area contributed by atoms with Gasteiger partial charge in [0.2, 0.25) is 5.91 Å². The minimum atomic E-state index is -1.06. The lowest BCUT2D eigenvalue weighted by Gasteiger charge is -2.22. The van der Waals surface area contributed by atoms with E-state index in [2.05, 4.69) is 26.6 Å². The van der Waals surface area contributed by atoms with Crippen molar-refractivity contribution in [2.45, 2.75) is 13.3 Å². The number of carbonyl (C=O) groups is 2. The topological polar surface area (TPSA) is 78.4 Å². The summed E-state index contributed by atoms with van der Waals surface area (Å²) >= 11 is 3.28. The summed E-state index contributed by atoms with van der Waals surface area (Å²) in [5.41, 5.74) is -0.0796. The van der Waals surface area contributed by atoms with Gasteiger partial charge in [-0.1, -0.05) is 15.9 Å². The Kier molecular flexibility index (Phi) is 3.91. The molecule has 3 N–H and O–H groups in total. The molecule has 0 saturated carbocycles. The summed E-state index contributed by atoms with van der Waals surface area (Å²) in [6.07, 6.45) is 0.745. The molecule has 5 nitrogen and oxygen atoms in total. The second-order valence-electron chi connectivity index (χ2n) is 4.94. The molecule has 19 heavy (non-hydrogen) atoms. The molecule has 1 aliphatic heterocycles. The quantitative estimate of drug-likeness (QED) is 0.794. The summed E-state index contributed by atoms with van der Waals surface area (Å²) in [6.45, 7) is 3.28. The molecule has 6 heteroatoms. The van der Waals surface area contributed by atoms with E-state index in [0.29, 0.717) is 12.2 Å². The van der Waals surface area contributed by atoms with Gasteiger partial charge in [-0.3, -0.25) is 4.79 Å². The van der Waals surface area contributed by atoms with Gasteiger partial charge in [-0.25, -0.2) is 4.79 Å². The Balaban J connectivity index is 2.25. The molecule has 1 unspecified atom stereocenters. The zero-order valence-electron chi connectivity index (χ0n) is 10.5. The van der Waals surface area contributed by atoms with Gasteiger partial charge in [0.1, 0.15) is 0 Å². The number of benzene rings is 1. The average molecular weight is 327 g/mol. The van der Waals surface area contributed by atoms with Crippen molar-refractivity contribution in [2.24, 2.45) is 5.41 Å². The number of rotatable bonds is 3. The largest absolute Gasteiger partial charge is 0.478 e. The fraction of sp³-hybridized carbons (Fsp3) is 0.385. The zero-order valence-corrected chi connectivity index (χ0v) is 12.1. The highest BCUT2D eigenvalue weighted by Crippen LogP contribution is 2.28. The first-order valence-corrected chi connectivity index (χ1v) is 6.77. The van der Waals surface area contributed by atoms with Crippen LogP contribution in [0.3, 0.4) is 0 Å². The lowest BCUT2D eigenvalue weighted by atomic mass is 9.88. The van der Waals surface area contributed by atoms with E-state index in [9.17, 15) is 9.59 Å². The van der Waals surface area contributed by atoms with E-state index in [0.717, 1.165) is 17.4 Å². The van der Waals surface area contributed by atoms with E-state index in [1.165, 1.54) is 6.07 Å². The molecule has 0 radical (unpaired) electrons. The maximum atomic E-state index is 12.3. The van der Waals surface area contributed by atoms with Crippen LogP contribution < -0.4 is 10.6 Å². The predicted molar refractivity (Wildman–Crippen MR) is 75.3 cm³/mol. The number of nitrogens with one attached hydrogen (secondary N) is 2. The van der Waals surface area contributed by atoms with Gasteiger partial charge in [-0.15, -0.1) is 0 Å². The van der Waals surface area contributed by atoms with Crippen LogP contribution in [0, 0.1) is 5.41 Å². The third-order valence-corrected chi connectivity index (χ3v) is 3.87. The summed E-state index contributed by atoms with van der Waals surface area (Å²) in [6, 6.07) is 4.71. The fourth-order valence-electron chi connectivity index (χ4n) is 2.09. The molecule has 102 valence electrons. The smallest absolute Gasteiger partial charge is 0.337 e. The maximum absolute atomic E-state index is 12.3. The van der Waals surface area contributed by atoms with E-state index < -0.39 is 11.4 Å². The number of hydrogen-bond donors (Lipinski definition) is 3. The summed E-state index contributed by atoms with van der Waals surface area (Å²) in [7, 11) is 0. The highest BCUT2D eigenvalue weighted by molar-refractivity contribution is 9.10. The molecule has 1 aliphatic rings. The summed E-state index contributed by atoms with van der Waals surface area (Å²) in [4.78, 5) is 23.4. The Hall–Kier alpha value is -1.40. The number of carboxylic acids is 1. The van der Waals surface area contributed by atoms with E-state index >= 15 is 0 Å². The first-order chi connectivity index (χ1) is 8.92. The van der Waals surface area contributed by atoms with Crippen LogP contribution in [-0.4, -0.2) is 30.1 Å². The van der Waals surface area contributed by atoms with E-state index in [1.54, 1.807) is 12.1 Å². The van der Waals surface area contributed by atoms with E-state index in [4.69, 9.17) is 5.11 Å². The highest BCUT2D eigenvalue weighted by Gasteiger charge is 2.36. The van der Waals surface area contributed by atoms with Gasteiger partial charge < -0.3 is 15.7 Å². The van der Waals surface area contributed by atoms with Crippen molar-refractivity contribution in [3.05, 3.63) is 28.2 Å². The molecule has 1 heterocycles. The van der Waals surface area contributed by atoms with Crippen LogP contribution in [-0.2, 0) is 4.79 Å². The highest BCUT2D eigenvalue weighted by atomic mass is 79.9. The first kappa shape index (κ1) is 14.0. The third kappa shape index (κ3) is 2.96. The molecule has 1 saturated heterocycles. The number of anilines is 1. The van der Waals surface area contributed by atoms with Crippen molar-refractivity contribution in [1.29, 1.82) is 0 Å². The average Bonchev–Trinajstić information content (AvgIpc) is 2.77. The van der Waals surface area contributed by atoms with Crippen LogP contribution in [0.25, 0.3) is 0 Å². The summed E-state index contributed by atoms with van der Waals surface area (Å²) < 4.78 is 0.725. The summed E-state index contributed by atoms with van der Waals surface area (Å²) in [5.74, 6) is -1.21. The van der Waals surface area contributed by atoms with Gasteiger partial charge in [0.25, 0.3) is 0 Å². The second kappa shape index (κ2) is 5.30. The summed E-state index contributed by atoms with van der Waals surface area (Å²) in [5, 5.41) is 15.0. The van der Waals surface area contributed by atoms with Gasteiger partial charge in [0, 0.05) is 11.0 Å². The molecule has 1 aromatic rings. The number of amides is 1. The monoisotopic (exact) mass is 326 g/mol. The van der Waals surface area contributed by atoms with Crippen molar-refractivity contribution in [2.75, 3.05) is 18.4 Å². The number of hydrogen-bond acceptors (Lipinski definition) is 3. The van der Waals surface area contributed by atoms with Crippen LogP contribution in [0.5, 0.6) is 0 Å². The minimum Gasteiger partial charge on any atom is -0.478 e. The molecule has 0 spiro atoms. The Bertz CT molecular complexity index is 525. The molecular weight excluding hydrogens is 312 g/mol. The SMILES string of the molecule is CC1(C(=O)Nc2cc(Br)ccc2C(=O)O)CCNC1. The van der Waals surface area contributed by atoms with Crippen molar-refractivity contribution < 1.29 is 14.7 Å². The number of carbonyl (C=O) groups excluding carboxylic acids is 1.